The molecule has 1 aliphatic heterocycles. The van der Waals surface area contributed by atoms with Gasteiger partial charge in [0.25, 0.3) is 0 Å². The molecule has 1 fully saturated rings. The Morgan fingerprint density at radius 1 is 1.50 bits per heavy atom. The van der Waals surface area contributed by atoms with E-state index in [4.69, 9.17) is 11.6 Å². The molecule has 2 rings (SSSR count). The van der Waals surface area contributed by atoms with Gasteiger partial charge in [-0.3, -0.25) is 14.6 Å². The van der Waals surface area contributed by atoms with Gasteiger partial charge in [0.2, 0.25) is 11.8 Å². The van der Waals surface area contributed by atoms with Crippen molar-refractivity contribution in [2.75, 3.05) is 13.1 Å². The van der Waals surface area contributed by atoms with Crippen LogP contribution in [0.4, 0.5) is 0 Å². The lowest BCUT2D eigenvalue weighted by Gasteiger charge is -2.26. The van der Waals surface area contributed by atoms with Crippen molar-refractivity contribution in [3.8, 4) is 0 Å². The average molecular weight is 240 g/mol. The first kappa shape index (κ1) is 10.9. The lowest BCUT2D eigenvalue weighted by molar-refractivity contribution is -0.141. The molecular weight excluding hydrogens is 230 g/mol. The van der Waals surface area contributed by atoms with Crippen molar-refractivity contribution < 1.29 is 9.59 Å². The van der Waals surface area contributed by atoms with E-state index in [1.165, 1.54) is 11.1 Å². The summed E-state index contributed by atoms with van der Waals surface area (Å²) in [7, 11) is 0. The summed E-state index contributed by atoms with van der Waals surface area (Å²) in [6.45, 7) is 0.479. The van der Waals surface area contributed by atoms with Crippen LogP contribution in [-0.4, -0.2) is 34.8 Å². The summed E-state index contributed by atoms with van der Waals surface area (Å²) in [4.78, 5) is 28.0. The normalized spacial score (nSPS) is 16.2. The second kappa shape index (κ2) is 4.49. The molecule has 2 heterocycles. The lowest BCUT2D eigenvalue weighted by atomic mass is 10.2. The van der Waals surface area contributed by atoms with Gasteiger partial charge in [-0.05, 0) is 11.6 Å². The van der Waals surface area contributed by atoms with Gasteiger partial charge < -0.3 is 10.2 Å². The molecule has 1 aromatic rings. The molecule has 0 bridgehead atoms. The Morgan fingerprint density at radius 2 is 2.31 bits per heavy atom. The van der Waals surface area contributed by atoms with Gasteiger partial charge >= 0.3 is 0 Å². The van der Waals surface area contributed by atoms with Crippen LogP contribution < -0.4 is 5.32 Å². The van der Waals surface area contributed by atoms with Gasteiger partial charge in [0, 0.05) is 18.9 Å². The maximum Gasteiger partial charge on any atom is 0.242 e. The Morgan fingerprint density at radius 3 is 3.06 bits per heavy atom. The Hall–Kier alpha value is -1.62. The molecular formula is C10H10ClN3O2. The highest BCUT2D eigenvalue weighted by Gasteiger charge is 2.23. The van der Waals surface area contributed by atoms with Crippen LogP contribution in [0, 0.1) is 0 Å². The van der Waals surface area contributed by atoms with Crippen molar-refractivity contribution in [1.29, 1.82) is 0 Å². The smallest absolute Gasteiger partial charge is 0.242 e. The van der Waals surface area contributed by atoms with Gasteiger partial charge in [-0.25, -0.2) is 0 Å². The fourth-order valence-corrected chi connectivity index (χ4v) is 1.66. The topological polar surface area (TPSA) is 62.3 Å². The van der Waals surface area contributed by atoms with Crippen LogP contribution in [0.15, 0.2) is 18.5 Å². The van der Waals surface area contributed by atoms with Crippen LogP contribution in [0.3, 0.4) is 0 Å². The summed E-state index contributed by atoms with van der Waals surface area (Å²) < 4.78 is 0. The standard InChI is InChI=1S/C10H10ClN3O2/c11-8-3-12-2-1-7(8)5-14-6-9(15)13-4-10(14)16/h1-3H,4-6H2,(H,13,15). The predicted molar refractivity (Wildman–Crippen MR) is 57.7 cm³/mol. The third-order valence-corrected chi connectivity index (χ3v) is 2.68. The molecule has 2 amide bonds. The fraction of sp³-hybridized carbons (Fsp3) is 0.300. The lowest BCUT2D eigenvalue weighted by Crippen LogP contribution is -2.51. The Bertz CT molecular complexity index is 436. The zero-order chi connectivity index (χ0) is 11.5. The summed E-state index contributed by atoms with van der Waals surface area (Å²) in [6.07, 6.45) is 3.13. The summed E-state index contributed by atoms with van der Waals surface area (Å²) in [5, 5.41) is 2.99. The van der Waals surface area contributed by atoms with Crippen molar-refractivity contribution in [3.63, 3.8) is 0 Å². The highest BCUT2D eigenvalue weighted by molar-refractivity contribution is 6.31. The molecule has 84 valence electrons. The van der Waals surface area contributed by atoms with E-state index >= 15 is 0 Å². The molecule has 1 N–H and O–H groups in total. The third-order valence-electron chi connectivity index (χ3n) is 2.34. The SMILES string of the molecule is O=C1CN(Cc2ccncc2Cl)C(=O)CN1. The molecule has 0 spiro atoms. The molecule has 0 aromatic carbocycles. The number of carbonyl (C=O) groups is 2. The van der Waals surface area contributed by atoms with E-state index in [0.29, 0.717) is 11.6 Å². The maximum absolute atomic E-state index is 11.5. The van der Waals surface area contributed by atoms with Gasteiger partial charge in [-0.1, -0.05) is 11.6 Å². The van der Waals surface area contributed by atoms with Crippen molar-refractivity contribution in [2.45, 2.75) is 6.54 Å². The van der Waals surface area contributed by atoms with Crippen LogP contribution in [0.2, 0.25) is 5.02 Å². The molecule has 6 heteroatoms. The van der Waals surface area contributed by atoms with Gasteiger partial charge in [0.15, 0.2) is 0 Å². The summed E-state index contributed by atoms with van der Waals surface area (Å²) in [5.41, 5.74) is 0.791. The zero-order valence-electron chi connectivity index (χ0n) is 8.44. The summed E-state index contributed by atoms with van der Waals surface area (Å²) in [5.74, 6) is -0.253. The van der Waals surface area contributed by atoms with Crippen LogP contribution in [0.25, 0.3) is 0 Å². The molecule has 16 heavy (non-hydrogen) atoms. The first-order valence-corrected chi connectivity index (χ1v) is 5.17. The van der Waals surface area contributed by atoms with Gasteiger partial charge in [-0.15, -0.1) is 0 Å². The van der Waals surface area contributed by atoms with Crippen molar-refractivity contribution in [2.24, 2.45) is 0 Å². The highest BCUT2D eigenvalue weighted by Crippen LogP contribution is 2.16. The van der Waals surface area contributed by atoms with E-state index < -0.39 is 0 Å². The minimum absolute atomic E-state index is 0.0571. The van der Waals surface area contributed by atoms with Crippen LogP contribution >= 0.6 is 11.6 Å². The Balaban J connectivity index is 2.12. The van der Waals surface area contributed by atoms with Crippen LogP contribution in [0.5, 0.6) is 0 Å². The molecule has 0 unspecified atom stereocenters. The highest BCUT2D eigenvalue weighted by atomic mass is 35.5. The van der Waals surface area contributed by atoms with Gasteiger partial charge in [-0.2, -0.15) is 0 Å². The average Bonchev–Trinajstić information content (AvgIpc) is 2.27. The van der Waals surface area contributed by atoms with Crippen molar-refractivity contribution >= 4 is 23.4 Å². The number of hydrogen-bond donors (Lipinski definition) is 1. The second-order valence-corrected chi connectivity index (χ2v) is 3.90. The number of amides is 2. The van der Waals surface area contributed by atoms with Crippen molar-refractivity contribution in [3.05, 3.63) is 29.0 Å². The van der Waals surface area contributed by atoms with Crippen LogP contribution in [0.1, 0.15) is 5.56 Å². The summed E-state index contributed by atoms with van der Waals surface area (Å²) in [6, 6.07) is 1.74. The van der Waals surface area contributed by atoms with E-state index in [2.05, 4.69) is 10.3 Å². The number of nitrogens with zero attached hydrogens (tertiary/aromatic N) is 2. The molecule has 0 aliphatic carbocycles. The molecule has 1 aromatic heterocycles. The molecule has 5 nitrogen and oxygen atoms in total. The number of halogens is 1. The Kier molecular flexibility index (Phi) is 3.05. The number of hydrogen-bond acceptors (Lipinski definition) is 3. The predicted octanol–water partition coefficient (Wildman–Crippen LogP) is 0.193. The molecule has 0 atom stereocenters. The van der Waals surface area contributed by atoms with E-state index in [9.17, 15) is 9.59 Å². The first-order valence-electron chi connectivity index (χ1n) is 4.79. The zero-order valence-corrected chi connectivity index (χ0v) is 9.20. The second-order valence-electron chi connectivity index (χ2n) is 3.49. The quantitative estimate of drug-likeness (QED) is 0.802. The monoisotopic (exact) mass is 239 g/mol. The first-order chi connectivity index (χ1) is 7.66. The molecule has 0 radical (unpaired) electrons. The maximum atomic E-state index is 11.5. The summed E-state index contributed by atoms with van der Waals surface area (Å²) >= 11 is 5.93. The minimum Gasteiger partial charge on any atom is -0.345 e. The number of rotatable bonds is 2. The number of piperazine rings is 1. The van der Waals surface area contributed by atoms with Crippen molar-refractivity contribution in [1.82, 2.24) is 15.2 Å². The molecule has 1 saturated heterocycles. The number of carbonyl (C=O) groups excluding carboxylic acids is 2. The van der Waals surface area contributed by atoms with E-state index in [1.54, 1.807) is 12.3 Å². The Labute approximate surface area is 97.4 Å². The van der Waals surface area contributed by atoms with Crippen LogP contribution in [-0.2, 0) is 16.1 Å². The minimum atomic E-state index is -0.148. The molecule has 1 aliphatic rings. The van der Waals surface area contributed by atoms with E-state index in [-0.39, 0.29) is 24.9 Å². The number of nitrogens with one attached hydrogen (secondary N) is 1. The van der Waals surface area contributed by atoms with Gasteiger partial charge in [0.1, 0.15) is 0 Å². The third kappa shape index (κ3) is 2.30. The number of pyridine rings is 1. The molecule has 0 saturated carbocycles. The fourth-order valence-electron chi connectivity index (χ4n) is 1.49. The number of aromatic nitrogens is 1. The van der Waals surface area contributed by atoms with E-state index in [0.717, 1.165) is 5.56 Å². The largest absolute Gasteiger partial charge is 0.345 e. The van der Waals surface area contributed by atoms with E-state index in [1.807, 2.05) is 0 Å². The van der Waals surface area contributed by atoms with Gasteiger partial charge in [0.05, 0.1) is 18.1 Å².